The molecule has 1 fully saturated rings. The van der Waals surface area contributed by atoms with E-state index in [1.54, 1.807) is 24.3 Å². The Morgan fingerprint density at radius 2 is 2.19 bits per heavy atom. The number of alkyl halides is 2. The van der Waals surface area contributed by atoms with Crippen LogP contribution in [0.5, 0.6) is 5.75 Å². The zero-order valence-corrected chi connectivity index (χ0v) is 17.0. The molecule has 8 nitrogen and oxygen atoms in total. The standard InChI is InChI=1S/C21H23F2N5O3/c1-25-6-2-8-31-15-3-4-18-17(9-15)16(5-7-26-18)20(30)27-12-19(29)28-13-21(22,23)10-14(28)11-24/h3-5,7,9,14,25H,2,6,8,10,12-13H2,1H3,(H,27,30)/t14-/m0/s1. The lowest BCUT2D eigenvalue weighted by atomic mass is 10.1. The van der Waals surface area contributed by atoms with Crippen LogP contribution in [0.3, 0.4) is 0 Å². The van der Waals surface area contributed by atoms with Crippen LogP contribution < -0.4 is 15.4 Å². The smallest absolute Gasteiger partial charge is 0.268 e. The van der Waals surface area contributed by atoms with E-state index < -0.39 is 43.3 Å². The first-order valence-corrected chi connectivity index (χ1v) is 9.86. The molecule has 1 aromatic carbocycles. The number of carbonyl (C=O) groups excluding carboxylic acids is 2. The number of carbonyl (C=O) groups is 2. The molecule has 2 aromatic rings. The van der Waals surface area contributed by atoms with Gasteiger partial charge in [-0.1, -0.05) is 0 Å². The molecule has 0 unspecified atom stereocenters. The van der Waals surface area contributed by atoms with Crippen molar-refractivity contribution in [3.8, 4) is 11.8 Å². The maximum Gasteiger partial charge on any atom is 0.268 e. The third kappa shape index (κ3) is 5.44. The van der Waals surface area contributed by atoms with Gasteiger partial charge in [-0.25, -0.2) is 8.78 Å². The molecule has 2 amide bonds. The highest BCUT2D eigenvalue weighted by Crippen LogP contribution is 2.31. The number of benzene rings is 1. The maximum atomic E-state index is 13.5. The van der Waals surface area contributed by atoms with Gasteiger partial charge in [-0.2, -0.15) is 5.26 Å². The SMILES string of the molecule is CNCCCOc1ccc2nccc(C(=O)NCC(=O)N3CC(F)(F)C[C@H]3C#N)c2c1. The van der Waals surface area contributed by atoms with Crippen LogP contribution in [0.2, 0.25) is 0 Å². The molecule has 0 radical (unpaired) electrons. The Bertz CT molecular complexity index is 1010. The molecule has 31 heavy (non-hydrogen) atoms. The Morgan fingerprint density at radius 3 is 2.94 bits per heavy atom. The zero-order valence-electron chi connectivity index (χ0n) is 17.0. The van der Waals surface area contributed by atoms with Crippen molar-refractivity contribution < 1.29 is 23.1 Å². The molecule has 10 heteroatoms. The van der Waals surface area contributed by atoms with Gasteiger partial charge in [0.1, 0.15) is 11.8 Å². The molecule has 0 aliphatic carbocycles. The molecule has 1 aliphatic rings. The van der Waals surface area contributed by atoms with Crippen molar-refractivity contribution in [2.45, 2.75) is 24.8 Å². The van der Waals surface area contributed by atoms with E-state index in [0.717, 1.165) is 17.9 Å². The minimum atomic E-state index is -3.11. The Kier molecular flexibility index (Phi) is 6.97. The molecule has 0 spiro atoms. The summed E-state index contributed by atoms with van der Waals surface area (Å²) in [6.07, 6.45) is 1.59. The Balaban J connectivity index is 1.69. The van der Waals surface area contributed by atoms with Crippen molar-refractivity contribution in [2.24, 2.45) is 0 Å². The van der Waals surface area contributed by atoms with Gasteiger partial charge in [-0.05, 0) is 44.3 Å². The Labute approximate surface area is 178 Å². The first-order chi connectivity index (χ1) is 14.8. The summed E-state index contributed by atoms with van der Waals surface area (Å²) in [6, 6.07) is 7.20. The van der Waals surface area contributed by atoms with Gasteiger partial charge in [0.05, 0.1) is 36.8 Å². The summed E-state index contributed by atoms with van der Waals surface area (Å²) in [5.41, 5.74) is 0.854. The van der Waals surface area contributed by atoms with E-state index in [0.29, 0.717) is 23.3 Å². The van der Waals surface area contributed by atoms with E-state index in [1.807, 2.05) is 7.05 Å². The van der Waals surface area contributed by atoms with Crippen LogP contribution in [-0.4, -0.2) is 67.0 Å². The molecule has 1 atom stereocenters. The second-order valence-corrected chi connectivity index (χ2v) is 7.25. The number of nitrogens with one attached hydrogen (secondary N) is 2. The Morgan fingerprint density at radius 1 is 1.39 bits per heavy atom. The van der Waals surface area contributed by atoms with Gasteiger partial charge in [0.25, 0.3) is 11.8 Å². The van der Waals surface area contributed by atoms with Gasteiger partial charge >= 0.3 is 0 Å². The average Bonchev–Trinajstić information content (AvgIpc) is 3.09. The fourth-order valence-electron chi connectivity index (χ4n) is 3.40. The van der Waals surface area contributed by atoms with E-state index in [-0.39, 0.29) is 5.56 Å². The van der Waals surface area contributed by atoms with Crippen molar-refractivity contribution in [1.29, 1.82) is 5.26 Å². The van der Waals surface area contributed by atoms with Crippen LogP contribution in [0.4, 0.5) is 8.78 Å². The number of rotatable bonds is 8. The number of halogens is 2. The van der Waals surface area contributed by atoms with E-state index >= 15 is 0 Å². The fourth-order valence-corrected chi connectivity index (χ4v) is 3.40. The number of aromatic nitrogens is 1. The zero-order chi connectivity index (χ0) is 22.4. The molecule has 2 heterocycles. The maximum absolute atomic E-state index is 13.5. The molecule has 164 valence electrons. The number of pyridine rings is 1. The lowest BCUT2D eigenvalue weighted by molar-refractivity contribution is -0.131. The number of amides is 2. The predicted octanol–water partition coefficient (Wildman–Crippen LogP) is 1.71. The van der Waals surface area contributed by atoms with Crippen molar-refractivity contribution in [3.63, 3.8) is 0 Å². The topological polar surface area (TPSA) is 107 Å². The minimum Gasteiger partial charge on any atom is -0.494 e. The van der Waals surface area contributed by atoms with Gasteiger partial charge < -0.3 is 20.3 Å². The largest absolute Gasteiger partial charge is 0.494 e. The van der Waals surface area contributed by atoms with Crippen LogP contribution in [0, 0.1) is 11.3 Å². The van der Waals surface area contributed by atoms with Gasteiger partial charge in [-0.15, -0.1) is 0 Å². The summed E-state index contributed by atoms with van der Waals surface area (Å²) >= 11 is 0. The first kappa shape index (κ1) is 22.4. The number of nitriles is 1. The molecular weight excluding hydrogens is 408 g/mol. The van der Waals surface area contributed by atoms with Gasteiger partial charge in [0, 0.05) is 18.0 Å². The Hall–Kier alpha value is -3.32. The summed E-state index contributed by atoms with van der Waals surface area (Å²) in [5.74, 6) is -3.81. The van der Waals surface area contributed by atoms with E-state index in [1.165, 1.54) is 12.3 Å². The number of likely N-dealkylation sites (tertiary alicyclic amines) is 1. The summed E-state index contributed by atoms with van der Waals surface area (Å²) in [6.45, 7) is -0.000908. The fraction of sp³-hybridized carbons (Fsp3) is 0.429. The molecule has 3 rings (SSSR count). The van der Waals surface area contributed by atoms with Crippen LogP contribution in [0.1, 0.15) is 23.2 Å². The normalized spacial score (nSPS) is 17.4. The number of ether oxygens (including phenoxy) is 1. The number of hydrogen-bond acceptors (Lipinski definition) is 6. The quantitative estimate of drug-likeness (QED) is 0.617. The summed E-state index contributed by atoms with van der Waals surface area (Å²) in [5, 5.41) is 15.1. The van der Waals surface area contributed by atoms with Crippen molar-refractivity contribution in [1.82, 2.24) is 20.5 Å². The monoisotopic (exact) mass is 431 g/mol. The highest BCUT2D eigenvalue weighted by Gasteiger charge is 2.47. The third-order valence-electron chi connectivity index (χ3n) is 4.94. The van der Waals surface area contributed by atoms with Gasteiger partial charge in [0.15, 0.2) is 0 Å². The highest BCUT2D eigenvalue weighted by molar-refractivity contribution is 6.07. The second kappa shape index (κ2) is 9.66. The van der Waals surface area contributed by atoms with Crippen molar-refractivity contribution in [3.05, 3.63) is 36.0 Å². The van der Waals surface area contributed by atoms with Crippen LogP contribution in [0.15, 0.2) is 30.5 Å². The minimum absolute atomic E-state index is 0.280. The van der Waals surface area contributed by atoms with Crippen LogP contribution in [-0.2, 0) is 4.79 Å². The molecule has 0 saturated carbocycles. The highest BCUT2D eigenvalue weighted by atomic mass is 19.3. The third-order valence-corrected chi connectivity index (χ3v) is 4.94. The van der Waals surface area contributed by atoms with Gasteiger partial charge in [-0.3, -0.25) is 14.6 Å². The lowest BCUT2D eigenvalue weighted by Crippen LogP contribution is -2.43. The van der Waals surface area contributed by atoms with Crippen LogP contribution in [0.25, 0.3) is 10.9 Å². The van der Waals surface area contributed by atoms with Gasteiger partial charge in [0.2, 0.25) is 5.91 Å². The molecule has 2 N–H and O–H groups in total. The first-order valence-electron chi connectivity index (χ1n) is 9.86. The molecule has 0 bridgehead atoms. The van der Waals surface area contributed by atoms with Crippen molar-refractivity contribution >= 4 is 22.7 Å². The summed E-state index contributed by atoms with van der Waals surface area (Å²) < 4.78 is 32.8. The number of hydrogen-bond donors (Lipinski definition) is 2. The second-order valence-electron chi connectivity index (χ2n) is 7.25. The molecular formula is C21H23F2N5O3. The summed E-state index contributed by atoms with van der Waals surface area (Å²) in [7, 11) is 1.85. The lowest BCUT2D eigenvalue weighted by Gasteiger charge is -2.19. The summed E-state index contributed by atoms with van der Waals surface area (Å²) in [4.78, 5) is 30.0. The molecule has 1 aliphatic heterocycles. The number of nitrogens with zero attached hydrogens (tertiary/aromatic N) is 3. The van der Waals surface area contributed by atoms with E-state index in [4.69, 9.17) is 10.00 Å². The van der Waals surface area contributed by atoms with Crippen LogP contribution >= 0.6 is 0 Å². The van der Waals surface area contributed by atoms with E-state index in [9.17, 15) is 18.4 Å². The predicted molar refractivity (Wildman–Crippen MR) is 109 cm³/mol. The van der Waals surface area contributed by atoms with E-state index in [2.05, 4.69) is 15.6 Å². The molecule has 1 saturated heterocycles. The number of fused-ring (bicyclic) bond motifs is 1. The van der Waals surface area contributed by atoms with Crippen molar-refractivity contribution in [2.75, 3.05) is 33.3 Å². The average molecular weight is 431 g/mol. The molecule has 1 aromatic heterocycles.